The van der Waals surface area contributed by atoms with Gasteiger partial charge in [0.05, 0.1) is 18.4 Å². The summed E-state index contributed by atoms with van der Waals surface area (Å²) < 4.78 is 6.19. The molecule has 1 heterocycles. The normalized spacial score (nSPS) is 10.5. The third-order valence-corrected chi connectivity index (χ3v) is 5.30. The van der Waals surface area contributed by atoms with E-state index < -0.39 is 11.9 Å². The second-order valence-corrected chi connectivity index (χ2v) is 7.83. The van der Waals surface area contributed by atoms with Crippen LogP contribution in [-0.4, -0.2) is 41.2 Å². The summed E-state index contributed by atoms with van der Waals surface area (Å²) in [5.41, 5.74) is 4.58. The number of hydrogen-bond acceptors (Lipinski definition) is 5. The molecule has 0 spiro atoms. The Bertz CT molecular complexity index is 1360. The quantitative estimate of drug-likeness (QED) is 0.399. The molecule has 35 heavy (non-hydrogen) atoms. The molecule has 1 aromatic heterocycles. The average molecular weight is 469 g/mol. The Labute approximate surface area is 202 Å². The Morgan fingerprint density at radius 1 is 0.914 bits per heavy atom. The van der Waals surface area contributed by atoms with Gasteiger partial charge < -0.3 is 15.4 Å². The molecule has 4 aromatic rings. The number of carbonyl (C=O) groups is 3. The smallest absolute Gasteiger partial charge is 0.325 e. The van der Waals surface area contributed by atoms with Crippen LogP contribution in [0.2, 0.25) is 0 Å². The van der Waals surface area contributed by atoms with Crippen molar-refractivity contribution >= 4 is 23.5 Å². The highest BCUT2D eigenvalue weighted by molar-refractivity contribution is 6.08. The fourth-order valence-electron chi connectivity index (χ4n) is 3.49. The molecule has 0 atom stereocenters. The first-order valence-corrected chi connectivity index (χ1v) is 10.9. The van der Waals surface area contributed by atoms with Gasteiger partial charge in [-0.2, -0.15) is 5.10 Å². The van der Waals surface area contributed by atoms with E-state index in [0.29, 0.717) is 22.5 Å². The number of nitrogens with zero attached hydrogens (tertiary/aromatic N) is 2. The summed E-state index contributed by atoms with van der Waals surface area (Å²) >= 11 is 0. The number of aryl methyl sites for hydroxylation is 1. The first kappa shape index (κ1) is 23.4. The minimum absolute atomic E-state index is 0.221. The number of esters is 1. The molecule has 4 rings (SSSR count). The van der Waals surface area contributed by atoms with Gasteiger partial charge in [0.2, 0.25) is 0 Å². The van der Waals surface area contributed by atoms with E-state index in [-0.39, 0.29) is 12.5 Å². The zero-order valence-corrected chi connectivity index (χ0v) is 19.3. The van der Waals surface area contributed by atoms with Crippen LogP contribution in [-0.2, 0) is 9.53 Å². The van der Waals surface area contributed by atoms with Crippen molar-refractivity contribution < 1.29 is 19.1 Å². The van der Waals surface area contributed by atoms with Crippen molar-refractivity contribution in [1.82, 2.24) is 15.1 Å². The number of ether oxygens (including phenoxy) is 1. The maximum absolute atomic E-state index is 13.3. The lowest BCUT2D eigenvalue weighted by molar-refractivity contribution is -0.139. The maximum atomic E-state index is 13.3. The molecule has 0 fully saturated rings. The molecule has 2 amide bonds. The summed E-state index contributed by atoms with van der Waals surface area (Å²) in [6.45, 7) is 1.77. The molecule has 8 nitrogen and oxygen atoms in total. The van der Waals surface area contributed by atoms with Crippen LogP contribution in [0.5, 0.6) is 0 Å². The molecule has 0 bridgehead atoms. The van der Waals surface area contributed by atoms with Crippen molar-refractivity contribution in [2.75, 3.05) is 19.0 Å². The molecule has 8 heteroatoms. The van der Waals surface area contributed by atoms with Gasteiger partial charge in [-0.25, -0.2) is 4.68 Å². The molecule has 0 saturated carbocycles. The first-order chi connectivity index (χ1) is 16.9. The number of aromatic nitrogens is 2. The van der Waals surface area contributed by atoms with E-state index in [4.69, 9.17) is 5.10 Å². The largest absolute Gasteiger partial charge is 0.468 e. The van der Waals surface area contributed by atoms with E-state index in [9.17, 15) is 14.4 Å². The van der Waals surface area contributed by atoms with Crippen LogP contribution >= 0.6 is 0 Å². The van der Waals surface area contributed by atoms with Crippen LogP contribution < -0.4 is 10.6 Å². The monoisotopic (exact) mass is 468 g/mol. The summed E-state index contributed by atoms with van der Waals surface area (Å²) in [6, 6.07) is 23.8. The van der Waals surface area contributed by atoms with Crippen molar-refractivity contribution in [3.05, 3.63) is 102 Å². The molecule has 0 radical (unpaired) electrons. The van der Waals surface area contributed by atoms with Gasteiger partial charge in [-0.15, -0.1) is 0 Å². The van der Waals surface area contributed by atoms with Crippen molar-refractivity contribution in [2.45, 2.75) is 6.92 Å². The molecule has 0 saturated heterocycles. The van der Waals surface area contributed by atoms with Gasteiger partial charge in [-0.1, -0.05) is 42.0 Å². The van der Waals surface area contributed by atoms with E-state index in [2.05, 4.69) is 15.4 Å². The SMILES string of the molecule is COC(=O)CNC(=O)c1ccc(NC(=O)c2cn(-c3ccccc3)nc2-c2cccc(C)c2)cc1. The van der Waals surface area contributed by atoms with Crippen LogP contribution in [0.4, 0.5) is 5.69 Å². The lowest BCUT2D eigenvalue weighted by atomic mass is 10.1. The van der Waals surface area contributed by atoms with Gasteiger partial charge in [0.25, 0.3) is 11.8 Å². The summed E-state index contributed by atoms with van der Waals surface area (Å²) in [7, 11) is 1.25. The fourth-order valence-corrected chi connectivity index (χ4v) is 3.49. The molecular formula is C27H24N4O4. The van der Waals surface area contributed by atoms with E-state index in [1.807, 2.05) is 61.5 Å². The molecule has 0 aliphatic carbocycles. The van der Waals surface area contributed by atoms with Crippen LogP contribution in [0, 0.1) is 6.92 Å². The van der Waals surface area contributed by atoms with Gasteiger partial charge in [0.15, 0.2) is 0 Å². The van der Waals surface area contributed by atoms with Crippen LogP contribution in [0.1, 0.15) is 26.3 Å². The standard InChI is InChI=1S/C27H24N4O4/c1-18-7-6-8-20(15-18)25-23(17-31(30-25)22-9-4-3-5-10-22)27(34)29-21-13-11-19(12-14-21)26(33)28-16-24(32)35-2/h3-15,17H,16H2,1-2H3,(H,28,33)(H,29,34). The minimum atomic E-state index is -0.539. The number of para-hydroxylation sites is 1. The summed E-state index contributed by atoms with van der Waals surface area (Å²) in [6.07, 6.45) is 1.71. The van der Waals surface area contributed by atoms with E-state index in [0.717, 1.165) is 16.8 Å². The zero-order chi connectivity index (χ0) is 24.8. The Kier molecular flexibility index (Phi) is 7.02. The number of nitrogens with one attached hydrogen (secondary N) is 2. The van der Waals surface area contributed by atoms with Crippen LogP contribution in [0.3, 0.4) is 0 Å². The number of amides is 2. The third-order valence-electron chi connectivity index (χ3n) is 5.30. The number of rotatable bonds is 7. The highest BCUT2D eigenvalue weighted by Crippen LogP contribution is 2.25. The van der Waals surface area contributed by atoms with Gasteiger partial charge in [0, 0.05) is 23.0 Å². The van der Waals surface area contributed by atoms with Gasteiger partial charge in [0.1, 0.15) is 12.2 Å². The topological polar surface area (TPSA) is 102 Å². The fraction of sp³-hybridized carbons (Fsp3) is 0.111. The van der Waals surface area contributed by atoms with Gasteiger partial charge >= 0.3 is 5.97 Å². The number of methoxy groups -OCH3 is 1. The Balaban J connectivity index is 1.57. The Hall–Kier alpha value is -4.72. The third kappa shape index (κ3) is 5.62. The van der Waals surface area contributed by atoms with Gasteiger partial charge in [-0.3, -0.25) is 14.4 Å². The predicted octanol–water partition coefficient (Wildman–Crippen LogP) is 4.00. The van der Waals surface area contributed by atoms with Crippen molar-refractivity contribution in [3.8, 4) is 16.9 Å². The highest BCUT2D eigenvalue weighted by atomic mass is 16.5. The number of benzene rings is 3. The first-order valence-electron chi connectivity index (χ1n) is 10.9. The average Bonchev–Trinajstić information content (AvgIpc) is 3.34. The molecular weight excluding hydrogens is 444 g/mol. The lowest BCUT2D eigenvalue weighted by Gasteiger charge is -2.08. The molecule has 3 aromatic carbocycles. The molecule has 0 unspecified atom stereocenters. The maximum Gasteiger partial charge on any atom is 0.325 e. The van der Waals surface area contributed by atoms with Crippen molar-refractivity contribution in [2.24, 2.45) is 0 Å². The van der Waals surface area contributed by atoms with Crippen LogP contribution in [0.15, 0.2) is 85.1 Å². The zero-order valence-electron chi connectivity index (χ0n) is 19.3. The number of carbonyl (C=O) groups excluding carboxylic acids is 3. The van der Waals surface area contributed by atoms with Crippen molar-refractivity contribution in [3.63, 3.8) is 0 Å². The summed E-state index contributed by atoms with van der Waals surface area (Å²) in [5.74, 6) is -1.28. The Morgan fingerprint density at radius 3 is 2.34 bits per heavy atom. The summed E-state index contributed by atoms with van der Waals surface area (Å²) in [4.78, 5) is 36.6. The second kappa shape index (κ2) is 10.5. The number of anilines is 1. The predicted molar refractivity (Wildman–Crippen MR) is 132 cm³/mol. The lowest BCUT2D eigenvalue weighted by Crippen LogP contribution is -2.30. The molecule has 0 aliphatic rings. The summed E-state index contributed by atoms with van der Waals surface area (Å²) in [5, 5.41) is 10.0. The molecule has 2 N–H and O–H groups in total. The molecule has 0 aliphatic heterocycles. The second-order valence-electron chi connectivity index (χ2n) is 7.83. The Morgan fingerprint density at radius 2 is 1.66 bits per heavy atom. The molecule has 176 valence electrons. The minimum Gasteiger partial charge on any atom is -0.468 e. The van der Waals surface area contributed by atoms with E-state index >= 15 is 0 Å². The van der Waals surface area contributed by atoms with E-state index in [1.54, 1.807) is 35.1 Å². The van der Waals surface area contributed by atoms with Gasteiger partial charge in [-0.05, 0) is 49.4 Å². The van der Waals surface area contributed by atoms with E-state index in [1.165, 1.54) is 7.11 Å². The van der Waals surface area contributed by atoms with Crippen molar-refractivity contribution in [1.29, 1.82) is 0 Å². The highest BCUT2D eigenvalue weighted by Gasteiger charge is 2.19. The van der Waals surface area contributed by atoms with Crippen LogP contribution in [0.25, 0.3) is 16.9 Å². The number of hydrogen-bond donors (Lipinski definition) is 2.